The zero-order valence-electron chi connectivity index (χ0n) is 14.2. The average molecular weight is 414 g/mol. The molecule has 1 atom stereocenters. The van der Waals surface area contributed by atoms with Gasteiger partial charge in [-0.1, -0.05) is 33.6 Å². The summed E-state index contributed by atoms with van der Waals surface area (Å²) in [4.78, 5) is 29.3. The molecule has 0 unspecified atom stereocenters. The number of nitrogens with zero attached hydrogens (tertiary/aromatic N) is 2. The van der Waals surface area contributed by atoms with Crippen LogP contribution in [0.2, 0.25) is 0 Å². The average Bonchev–Trinajstić information content (AvgIpc) is 3.08. The van der Waals surface area contributed by atoms with Crippen LogP contribution in [-0.4, -0.2) is 29.4 Å². The highest BCUT2D eigenvalue weighted by Gasteiger charge is 2.56. The molecule has 0 spiro atoms. The molecule has 7 heteroatoms. The summed E-state index contributed by atoms with van der Waals surface area (Å²) in [5.41, 5.74) is 2.47. The number of anilines is 1. The zero-order valence-corrected chi connectivity index (χ0v) is 15.8. The summed E-state index contributed by atoms with van der Waals surface area (Å²) in [5, 5.41) is 12.4. The topological polar surface area (TPSA) is 79.2 Å². The Balaban J connectivity index is 2.10. The van der Waals surface area contributed by atoms with E-state index in [1.807, 2.05) is 43.3 Å². The number of fused-ring (bicyclic) bond motifs is 2. The number of likely N-dealkylation sites (N-methyl/N-ethyl adjacent to an activating group) is 1. The highest BCUT2D eigenvalue weighted by atomic mass is 79.9. The van der Waals surface area contributed by atoms with Gasteiger partial charge in [0.25, 0.3) is 0 Å². The first-order chi connectivity index (χ1) is 12.3. The van der Waals surface area contributed by atoms with Crippen LogP contribution in [0.3, 0.4) is 0 Å². The molecule has 3 aromatic rings. The molecule has 2 aromatic carbocycles. The maximum absolute atomic E-state index is 13.4. The zero-order chi connectivity index (χ0) is 18.6. The Morgan fingerprint density at radius 2 is 2.00 bits per heavy atom. The van der Waals surface area contributed by atoms with E-state index in [0.717, 1.165) is 20.9 Å². The fourth-order valence-electron chi connectivity index (χ4n) is 3.93. The lowest BCUT2D eigenvalue weighted by Crippen LogP contribution is -2.44. The fourth-order valence-corrected chi connectivity index (χ4v) is 4.29. The van der Waals surface area contributed by atoms with E-state index in [1.165, 1.54) is 4.90 Å². The Labute approximate surface area is 158 Å². The van der Waals surface area contributed by atoms with Crippen molar-refractivity contribution < 1.29 is 9.72 Å². The van der Waals surface area contributed by atoms with Gasteiger partial charge in [0.2, 0.25) is 12.5 Å². The summed E-state index contributed by atoms with van der Waals surface area (Å²) in [6.07, 6.45) is 1.73. The highest BCUT2D eigenvalue weighted by molar-refractivity contribution is 9.10. The highest BCUT2D eigenvalue weighted by Crippen LogP contribution is 2.48. The molecule has 0 fully saturated rings. The van der Waals surface area contributed by atoms with E-state index in [4.69, 9.17) is 0 Å². The van der Waals surface area contributed by atoms with E-state index in [0.29, 0.717) is 16.8 Å². The maximum Gasteiger partial charge on any atom is 0.248 e. The quantitative estimate of drug-likeness (QED) is 0.523. The number of aromatic nitrogens is 1. The number of halogens is 1. The standard InChI is InChI=1S/C19H16BrN3O3/c1-11-3-6-17-14(7-11)19(10-23(25)26,18(24)22(17)2)15-9-21-16-5-4-12(20)8-13(15)16/h3-9,21H,10H2,1-2H3/t19-/m1/s1. The summed E-state index contributed by atoms with van der Waals surface area (Å²) in [5.74, 6) is -0.282. The maximum atomic E-state index is 13.4. The number of aryl methyl sites for hydroxylation is 1. The molecule has 26 heavy (non-hydrogen) atoms. The third-order valence-electron chi connectivity index (χ3n) is 5.11. The minimum Gasteiger partial charge on any atom is -0.361 e. The second kappa shape index (κ2) is 5.67. The Morgan fingerprint density at radius 1 is 1.23 bits per heavy atom. The number of carbonyl (C=O) groups is 1. The van der Waals surface area contributed by atoms with Crippen molar-refractivity contribution in [2.45, 2.75) is 12.3 Å². The number of carbonyl (C=O) groups excluding carboxylic acids is 1. The van der Waals surface area contributed by atoms with Gasteiger partial charge in [-0.25, -0.2) is 0 Å². The van der Waals surface area contributed by atoms with Crippen LogP contribution in [0.4, 0.5) is 5.69 Å². The first-order valence-electron chi connectivity index (χ1n) is 8.13. The van der Waals surface area contributed by atoms with Gasteiger partial charge in [-0.15, -0.1) is 0 Å². The molecule has 132 valence electrons. The Hall–Kier alpha value is -2.67. The number of amides is 1. The Kier molecular flexibility index (Phi) is 3.66. The van der Waals surface area contributed by atoms with Crippen LogP contribution >= 0.6 is 15.9 Å². The van der Waals surface area contributed by atoms with Gasteiger partial charge >= 0.3 is 0 Å². The molecular formula is C19H16BrN3O3. The van der Waals surface area contributed by atoms with E-state index in [1.54, 1.807) is 13.2 Å². The number of aromatic amines is 1. The summed E-state index contributed by atoms with van der Waals surface area (Å²) in [6, 6.07) is 11.3. The normalized spacial score (nSPS) is 19.2. The minimum atomic E-state index is -1.35. The molecule has 0 aliphatic carbocycles. The van der Waals surface area contributed by atoms with Crippen LogP contribution in [0, 0.1) is 17.0 Å². The summed E-state index contributed by atoms with van der Waals surface area (Å²) < 4.78 is 0.852. The molecule has 0 saturated heterocycles. The van der Waals surface area contributed by atoms with Crippen molar-refractivity contribution in [1.82, 2.24) is 4.98 Å². The van der Waals surface area contributed by atoms with Crippen molar-refractivity contribution in [3.05, 3.63) is 73.9 Å². The third-order valence-corrected chi connectivity index (χ3v) is 5.61. The van der Waals surface area contributed by atoms with Crippen molar-refractivity contribution in [2.75, 3.05) is 18.5 Å². The van der Waals surface area contributed by atoms with Gasteiger partial charge in [0.1, 0.15) is 0 Å². The molecule has 6 nitrogen and oxygen atoms in total. The number of hydrogen-bond acceptors (Lipinski definition) is 3. The van der Waals surface area contributed by atoms with Crippen molar-refractivity contribution in [3.63, 3.8) is 0 Å². The molecule has 1 aliphatic heterocycles. The van der Waals surface area contributed by atoms with Gasteiger partial charge in [-0.3, -0.25) is 14.9 Å². The van der Waals surface area contributed by atoms with Crippen molar-refractivity contribution in [1.29, 1.82) is 0 Å². The van der Waals surface area contributed by atoms with Crippen LogP contribution in [-0.2, 0) is 10.2 Å². The second-order valence-electron chi connectivity index (χ2n) is 6.67. The minimum absolute atomic E-state index is 0.282. The molecule has 4 rings (SSSR count). The van der Waals surface area contributed by atoms with Crippen molar-refractivity contribution in [3.8, 4) is 0 Å². The molecule has 2 heterocycles. The molecule has 0 radical (unpaired) electrons. The van der Waals surface area contributed by atoms with E-state index in [2.05, 4.69) is 20.9 Å². The first-order valence-corrected chi connectivity index (χ1v) is 8.92. The Morgan fingerprint density at radius 3 is 2.73 bits per heavy atom. The number of benzene rings is 2. The van der Waals surface area contributed by atoms with Crippen molar-refractivity contribution >= 4 is 38.4 Å². The van der Waals surface area contributed by atoms with Gasteiger partial charge in [0, 0.05) is 50.4 Å². The fraction of sp³-hybridized carbons (Fsp3) is 0.211. The van der Waals surface area contributed by atoms with Gasteiger partial charge in [-0.2, -0.15) is 0 Å². The summed E-state index contributed by atoms with van der Waals surface area (Å²) in [6.45, 7) is 1.43. The lowest BCUT2D eigenvalue weighted by atomic mass is 9.75. The number of H-pyrrole nitrogens is 1. The first kappa shape index (κ1) is 16.8. The van der Waals surface area contributed by atoms with Crippen LogP contribution < -0.4 is 4.90 Å². The van der Waals surface area contributed by atoms with Gasteiger partial charge < -0.3 is 9.88 Å². The van der Waals surface area contributed by atoms with E-state index in [-0.39, 0.29) is 5.91 Å². The predicted molar refractivity (Wildman–Crippen MR) is 103 cm³/mol. The molecule has 1 amide bonds. The van der Waals surface area contributed by atoms with Crippen LogP contribution in [0.1, 0.15) is 16.7 Å². The van der Waals surface area contributed by atoms with Crippen molar-refractivity contribution in [2.24, 2.45) is 0 Å². The lowest BCUT2D eigenvalue weighted by Gasteiger charge is -2.24. The second-order valence-corrected chi connectivity index (χ2v) is 7.59. The van der Waals surface area contributed by atoms with Crippen LogP contribution in [0.15, 0.2) is 47.1 Å². The number of nitrogens with one attached hydrogen (secondary N) is 1. The van der Waals surface area contributed by atoms with E-state index in [9.17, 15) is 14.9 Å². The lowest BCUT2D eigenvalue weighted by molar-refractivity contribution is -0.486. The molecule has 1 aromatic heterocycles. The third kappa shape index (κ3) is 2.20. The molecule has 1 aliphatic rings. The summed E-state index contributed by atoms with van der Waals surface area (Å²) >= 11 is 3.46. The molecule has 1 N–H and O–H groups in total. The predicted octanol–water partition coefficient (Wildman–Crippen LogP) is 3.78. The summed E-state index contributed by atoms with van der Waals surface area (Å²) in [7, 11) is 1.67. The SMILES string of the molecule is Cc1ccc2c(c1)[C@](C[N+](=O)[O-])(c1c[nH]c3ccc(Br)cc13)C(=O)N2C. The number of hydrogen-bond donors (Lipinski definition) is 1. The number of nitro groups is 1. The largest absolute Gasteiger partial charge is 0.361 e. The van der Waals surface area contributed by atoms with E-state index < -0.39 is 16.9 Å². The molecule has 0 bridgehead atoms. The van der Waals surface area contributed by atoms with Gasteiger partial charge in [0.05, 0.1) is 0 Å². The van der Waals surface area contributed by atoms with Crippen LogP contribution in [0.5, 0.6) is 0 Å². The Bertz CT molecular complexity index is 1080. The molecule has 0 saturated carbocycles. The van der Waals surface area contributed by atoms with Crippen LogP contribution in [0.25, 0.3) is 10.9 Å². The van der Waals surface area contributed by atoms with E-state index >= 15 is 0 Å². The van der Waals surface area contributed by atoms with Gasteiger partial charge in [0.15, 0.2) is 5.41 Å². The van der Waals surface area contributed by atoms with Gasteiger partial charge in [-0.05, 0) is 31.2 Å². The smallest absolute Gasteiger partial charge is 0.248 e. The molecular weight excluding hydrogens is 398 g/mol. The number of rotatable bonds is 3. The monoisotopic (exact) mass is 413 g/mol.